The lowest BCUT2D eigenvalue weighted by molar-refractivity contribution is 0.185. The number of benzene rings is 1. The number of aryl methyl sites for hydroxylation is 1. The molecule has 1 aromatic rings. The van der Waals surface area contributed by atoms with E-state index in [1.165, 1.54) is 0 Å². The molecule has 0 aliphatic rings. The number of rotatable bonds is 2. The van der Waals surface area contributed by atoms with Crippen LogP contribution in [-0.4, -0.2) is 11.7 Å². The Morgan fingerprint density at radius 2 is 2.08 bits per heavy atom. The summed E-state index contributed by atoms with van der Waals surface area (Å²) in [4.78, 5) is 0. The van der Waals surface area contributed by atoms with Crippen LogP contribution in [0.2, 0.25) is 5.02 Å². The van der Waals surface area contributed by atoms with Gasteiger partial charge in [-0.2, -0.15) is 0 Å². The fourth-order valence-electron chi connectivity index (χ4n) is 1.47. The fraction of sp³-hybridized carbons (Fsp3) is 0.400. The van der Waals surface area contributed by atoms with Gasteiger partial charge >= 0.3 is 0 Å². The molecule has 2 nitrogen and oxygen atoms in total. The van der Waals surface area contributed by atoms with Crippen LogP contribution in [0.15, 0.2) is 12.1 Å². The second-order valence-corrected chi connectivity index (χ2v) is 3.56. The molecule has 1 unspecified atom stereocenters. The molecule has 0 aliphatic carbocycles. The molecule has 0 heterocycles. The average molecular weight is 200 g/mol. The van der Waals surface area contributed by atoms with E-state index in [1.807, 2.05) is 26.0 Å². The first-order valence-corrected chi connectivity index (χ1v) is 4.59. The minimum atomic E-state index is -0.612. The first-order chi connectivity index (χ1) is 6.07. The van der Waals surface area contributed by atoms with Crippen molar-refractivity contribution in [1.29, 1.82) is 0 Å². The number of halogens is 1. The van der Waals surface area contributed by atoms with Crippen molar-refractivity contribution in [3.05, 3.63) is 33.8 Å². The summed E-state index contributed by atoms with van der Waals surface area (Å²) >= 11 is 5.93. The normalized spacial score (nSPS) is 13.0. The highest BCUT2D eigenvalue weighted by Crippen LogP contribution is 2.26. The van der Waals surface area contributed by atoms with E-state index in [9.17, 15) is 5.11 Å². The maximum absolute atomic E-state index is 9.63. The summed E-state index contributed by atoms with van der Waals surface area (Å²) in [7, 11) is 0. The standard InChI is InChI=1S/C10H14ClNO/c1-6-3-4-8(11)7(2)10(6)9(13)5-12/h3-4,9,13H,5,12H2,1-2H3. The molecule has 0 amide bonds. The smallest absolute Gasteiger partial charge is 0.0917 e. The summed E-state index contributed by atoms with van der Waals surface area (Å²) in [5, 5.41) is 10.3. The van der Waals surface area contributed by atoms with Gasteiger partial charge in [0.2, 0.25) is 0 Å². The van der Waals surface area contributed by atoms with Gasteiger partial charge in [-0.25, -0.2) is 0 Å². The van der Waals surface area contributed by atoms with Crippen molar-refractivity contribution in [2.75, 3.05) is 6.54 Å². The van der Waals surface area contributed by atoms with Gasteiger partial charge in [0.25, 0.3) is 0 Å². The average Bonchev–Trinajstić information content (AvgIpc) is 2.12. The minimum absolute atomic E-state index is 0.224. The van der Waals surface area contributed by atoms with E-state index < -0.39 is 6.10 Å². The van der Waals surface area contributed by atoms with E-state index in [1.54, 1.807) is 0 Å². The van der Waals surface area contributed by atoms with Crippen LogP contribution >= 0.6 is 11.6 Å². The Hall–Kier alpha value is -0.570. The van der Waals surface area contributed by atoms with Gasteiger partial charge in [0.05, 0.1) is 6.10 Å². The van der Waals surface area contributed by atoms with Gasteiger partial charge in [-0.05, 0) is 36.6 Å². The zero-order valence-electron chi connectivity index (χ0n) is 7.84. The van der Waals surface area contributed by atoms with Crippen molar-refractivity contribution in [2.45, 2.75) is 20.0 Å². The molecule has 3 heteroatoms. The van der Waals surface area contributed by atoms with E-state index in [-0.39, 0.29) is 6.54 Å². The second-order valence-electron chi connectivity index (χ2n) is 3.15. The van der Waals surface area contributed by atoms with Crippen molar-refractivity contribution in [3.63, 3.8) is 0 Å². The highest BCUT2D eigenvalue weighted by molar-refractivity contribution is 6.31. The Balaban J connectivity index is 3.25. The Labute approximate surface area is 83.3 Å². The van der Waals surface area contributed by atoms with E-state index in [2.05, 4.69) is 0 Å². The van der Waals surface area contributed by atoms with Gasteiger partial charge in [0, 0.05) is 11.6 Å². The molecule has 0 spiro atoms. The molecule has 0 saturated heterocycles. The zero-order chi connectivity index (χ0) is 10.0. The Morgan fingerprint density at radius 3 is 2.62 bits per heavy atom. The molecule has 0 saturated carbocycles. The second kappa shape index (κ2) is 4.09. The van der Waals surface area contributed by atoms with Gasteiger partial charge in [0.1, 0.15) is 0 Å². The lowest BCUT2D eigenvalue weighted by Gasteiger charge is -2.15. The molecular weight excluding hydrogens is 186 g/mol. The van der Waals surface area contributed by atoms with Crippen molar-refractivity contribution < 1.29 is 5.11 Å². The minimum Gasteiger partial charge on any atom is -0.387 e. The first-order valence-electron chi connectivity index (χ1n) is 4.21. The lowest BCUT2D eigenvalue weighted by Crippen LogP contribution is -2.14. The van der Waals surface area contributed by atoms with Crippen LogP contribution in [0.1, 0.15) is 22.8 Å². The zero-order valence-corrected chi connectivity index (χ0v) is 8.60. The molecule has 13 heavy (non-hydrogen) atoms. The van der Waals surface area contributed by atoms with Crippen molar-refractivity contribution in [3.8, 4) is 0 Å². The van der Waals surface area contributed by atoms with E-state index in [0.717, 1.165) is 16.7 Å². The first kappa shape index (κ1) is 10.5. The third kappa shape index (κ3) is 2.02. The monoisotopic (exact) mass is 199 g/mol. The van der Waals surface area contributed by atoms with Gasteiger partial charge in [-0.3, -0.25) is 0 Å². The molecule has 0 aromatic heterocycles. The van der Waals surface area contributed by atoms with Gasteiger partial charge in [-0.1, -0.05) is 17.7 Å². The summed E-state index contributed by atoms with van der Waals surface area (Å²) < 4.78 is 0. The third-order valence-electron chi connectivity index (χ3n) is 2.22. The molecule has 72 valence electrons. The molecule has 1 aromatic carbocycles. The van der Waals surface area contributed by atoms with Crippen LogP contribution < -0.4 is 5.73 Å². The molecule has 0 bridgehead atoms. The number of hydrogen-bond acceptors (Lipinski definition) is 2. The van der Waals surface area contributed by atoms with Crippen LogP contribution in [-0.2, 0) is 0 Å². The maximum Gasteiger partial charge on any atom is 0.0917 e. The quantitative estimate of drug-likeness (QED) is 0.765. The number of aliphatic hydroxyl groups is 1. The molecule has 0 radical (unpaired) electrons. The summed E-state index contributed by atoms with van der Waals surface area (Å²) in [6, 6.07) is 3.72. The van der Waals surface area contributed by atoms with Crippen molar-refractivity contribution in [1.82, 2.24) is 0 Å². The Bertz CT molecular complexity index is 312. The van der Waals surface area contributed by atoms with E-state index in [0.29, 0.717) is 5.02 Å². The maximum atomic E-state index is 9.63. The van der Waals surface area contributed by atoms with Crippen molar-refractivity contribution >= 4 is 11.6 Å². The van der Waals surface area contributed by atoms with Crippen LogP contribution in [0.3, 0.4) is 0 Å². The third-order valence-corrected chi connectivity index (χ3v) is 2.63. The summed E-state index contributed by atoms with van der Waals surface area (Å²) in [5.74, 6) is 0. The van der Waals surface area contributed by atoms with Crippen molar-refractivity contribution in [2.24, 2.45) is 5.73 Å². The van der Waals surface area contributed by atoms with Gasteiger partial charge in [-0.15, -0.1) is 0 Å². The van der Waals surface area contributed by atoms with Crippen LogP contribution in [0, 0.1) is 13.8 Å². The fourth-order valence-corrected chi connectivity index (χ4v) is 1.63. The van der Waals surface area contributed by atoms with Gasteiger partial charge < -0.3 is 10.8 Å². The Kier molecular flexibility index (Phi) is 3.31. The molecule has 0 aliphatic heterocycles. The highest BCUT2D eigenvalue weighted by atomic mass is 35.5. The SMILES string of the molecule is Cc1ccc(Cl)c(C)c1C(O)CN. The number of aliphatic hydroxyl groups excluding tert-OH is 1. The van der Waals surface area contributed by atoms with E-state index in [4.69, 9.17) is 17.3 Å². The summed E-state index contributed by atoms with van der Waals surface area (Å²) in [6.07, 6.45) is -0.612. The topological polar surface area (TPSA) is 46.2 Å². The molecule has 0 fully saturated rings. The number of hydrogen-bond donors (Lipinski definition) is 2. The predicted molar refractivity (Wildman–Crippen MR) is 54.9 cm³/mol. The summed E-state index contributed by atoms with van der Waals surface area (Å²) in [6.45, 7) is 4.06. The van der Waals surface area contributed by atoms with Crippen LogP contribution in [0.4, 0.5) is 0 Å². The highest BCUT2D eigenvalue weighted by Gasteiger charge is 2.13. The number of nitrogens with two attached hydrogens (primary N) is 1. The van der Waals surface area contributed by atoms with Crippen LogP contribution in [0.5, 0.6) is 0 Å². The summed E-state index contributed by atoms with van der Waals surface area (Å²) in [5.41, 5.74) is 8.20. The molecule has 1 rings (SSSR count). The van der Waals surface area contributed by atoms with E-state index >= 15 is 0 Å². The van der Waals surface area contributed by atoms with Gasteiger partial charge in [0.15, 0.2) is 0 Å². The Morgan fingerprint density at radius 1 is 1.46 bits per heavy atom. The molecule has 1 atom stereocenters. The lowest BCUT2D eigenvalue weighted by atomic mass is 9.98. The van der Waals surface area contributed by atoms with Crippen LogP contribution in [0.25, 0.3) is 0 Å². The molecule has 3 N–H and O–H groups in total. The molecular formula is C10H14ClNO. The predicted octanol–water partition coefficient (Wildman–Crippen LogP) is 1.95. The largest absolute Gasteiger partial charge is 0.387 e.